The molecule has 2 aliphatic rings. The van der Waals surface area contributed by atoms with Gasteiger partial charge in [-0.05, 0) is 39.5 Å². The van der Waals surface area contributed by atoms with Crippen LogP contribution in [0.2, 0.25) is 0 Å². The Hall–Kier alpha value is -2.50. The van der Waals surface area contributed by atoms with Gasteiger partial charge in [-0.25, -0.2) is 0 Å². The minimum atomic E-state index is -0.327. The van der Waals surface area contributed by atoms with Crippen LogP contribution in [0.25, 0.3) is 0 Å². The van der Waals surface area contributed by atoms with Crippen LogP contribution in [0, 0.1) is 25.2 Å². The molecule has 2 aromatic rings. The Morgan fingerprint density at radius 1 is 1.07 bits per heavy atom. The van der Waals surface area contributed by atoms with Gasteiger partial charge in [0.2, 0.25) is 0 Å². The number of nitrogens with zero attached hydrogens (tertiary/aromatic N) is 3. The maximum absolute atomic E-state index is 10.2. The lowest BCUT2D eigenvalue weighted by Gasteiger charge is -2.20. The largest absolute Gasteiger partial charge is 0.361 e. The van der Waals surface area contributed by atoms with Crippen LogP contribution in [0.5, 0.6) is 0 Å². The SMILES string of the molecule is C.Cc1cc(CN)no1.Cc1cc(CNC2(C#N)CCCC2)no1.O=C1CCCC1. The molecule has 2 aromatic heterocycles. The molecule has 2 aliphatic carbocycles. The van der Waals surface area contributed by atoms with E-state index in [0.717, 1.165) is 74.3 Å². The molecule has 3 N–H and O–H groups in total. The van der Waals surface area contributed by atoms with Crippen LogP contribution in [0.3, 0.4) is 0 Å². The van der Waals surface area contributed by atoms with Crippen molar-refractivity contribution in [3.8, 4) is 6.07 Å². The van der Waals surface area contributed by atoms with Crippen molar-refractivity contribution in [3.05, 3.63) is 35.0 Å². The minimum Gasteiger partial charge on any atom is -0.361 e. The third kappa shape index (κ3) is 8.47. The molecular formula is C22H35N5O3. The molecular weight excluding hydrogens is 382 g/mol. The molecule has 166 valence electrons. The summed E-state index contributed by atoms with van der Waals surface area (Å²) in [4.78, 5) is 10.2. The second-order valence-corrected chi connectivity index (χ2v) is 7.56. The van der Waals surface area contributed by atoms with Crippen LogP contribution in [-0.2, 0) is 17.9 Å². The van der Waals surface area contributed by atoms with Crippen LogP contribution < -0.4 is 11.1 Å². The quantitative estimate of drug-likeness (QED) is 0.759. The number of aryl methyl sites for hydroxylation is 2. The number of nitrogens with one attached hydrogen (secondary N) is 1. The van der Waals surface area contributed by atoms with E-state index in [1.807, 2.05) is 26.0 Å². The molecule has 0 spiro atoms. The van der Waals surface area contributed by atoms with E-state index in [9.17, 15) is 4.79 Å². The second kappa shape index (κ2) is 12.9. The molecule has 0 aliphatic heterocycles. The van der Waals surface area contributed by atoms with Gasteiger partial charge in [0.25, 0.3) is 0 Å². The van der Waals surface area contributed by atoms with E-state index in [1.165, 1.54) is 0 Å². The fourth-order valence-corrected chi connectivity index (χ4v) is 3.35. The Bertz CT molecular complexity index is 792. The Labute approximate surface area is 179 Å². The van der Waals surface area contributed by atoms with Gasteiger partial charge in [-0.2, -0.15) is 5.26 Å². The van der Waals surface area contributed by atoms with Crippen molar-refractivity contribution in [2.24, 2.45) is 5.73 Å². The number of aromatic nitrogens is 2. The number of carbonyl (C=O) groups excluding carboxylic acids is 1. The first-order valence-corrected chi connectivity index (χ1v) is 10.2. The van der Waals surface area contributed by atoms with Crippen molar-refractivity contribution >= 4 is 5.78 Å². The first-order chi connectivity index (χ1) is 14.0. The molecule has 0 aromatic carbocycles. The topological polar surface area (TPSA) is 131 Å². The van der Waals surface area contributed by atoms with Gasteiger partial charge in [0, 0.05) is 38.1 Å². The maximum Gasteiger partial charge on any atom is 0.133 e. The highest BCUT2D eigenvalue weighted by Crippen LogP contribution is 2.29. The molecule has 2 saturated carbocycles. The summed E-state index contributed by atoms with van der Waals surface area (Å²) in [6.45, 7) is 4.78. The van der Waals surface area contributed by atoms with Crippen molar-refractivity contribution in [3.63, 3.8) is 0 Å². The van der Waals surface area contributed by atoms with Gasteiger partial charge in [-0.1, -0.05) is 30.6 Å². The molecule has 0 bridgehead atoms. The van der Waals surface area contributed by atoms with Crippen molar-refractivity contribution in [2.75, 3.05) is 0 Å². The third-order valence-corrected chi connectivity index (χ3v) is 5.00. The molecule has 0 amide bonds. The Morgan fingerprint density at radius 3 is 1.93 bits per heavy atom. The molecule has 0 radical (unpaired) electrons. The molecule has 0 unspecified atom stereocenters. The average Bonchev–Trinajstić information content (AvgIpc) is 3.50. The summed E-state index contributed by atoms with van der Waals surface area (Å²) in [6, 6.07) is 6.10. The van der Waals surface area contributed by atoms with Crippen LogP contribution in [-0.4, -0.2) is 21.6 Å². The number of rotatable bonds is 4. The number of carbonyl (C=O) groups is 1. The van der Waals surface area contributed by atoms with Crippen molar-refractivity contribution in [2.45, 2.75) is 91.3 Å². The summed E-state index contributed by atoms with van der Waals surface area (Å²) in [5, 5.41) is 20.0. The third-order valence-electron chi connectivity index (χ3n) is 5.00. The molecule has 4 rings (SSSR count). The fraction of sp³-hybridized carbons (Fsp3) is 0.636. The number of hydrogen-bond donors (Lipinski definition) is 2. The summed E-state index contributed by atoms with van der Waals surface area (Å²) in [6.07, 6.45) is 8.13. The molecule has 8 heteroatoms. The van der Waals surface area contributed by atoms with Gasteiger partial charge in [-0.15, -0.1) is 0 Å². The summed E-state index contributed by atoms with van der Waals surface area (Å²) in [5.41, 5.74) is 6.59. The normalized spacial score (nSPS) is 16.5. The summed E-state index contributed by atoms with van der Waals surface area (Å²) < 4.78 is 9.70. The lowest BCUT2D eigenvalue weighted by Crippen LogP contribution is -2.40. The summed E-state index contributed by atoms with van der Waals surface area (Å²) in [7, 11) is 0. The van der Waals surface area contributed by atoms with Gasteiger partial charge in [0.05, 0.1) is 17.5 Å². The van der Waals surface area contributed by atoms with Crippen molar-refractivity contribution < 1.29 is 13.8 Å². The summed E-state index contributed by atoms with van der Waals surface area (Å²) in [5.74, 6) is 2.07. The van der Waals surface area contributed by atoms with Crippen LogP contribution in [0.15, 0.2) is 21.2 Å². The van der Waals surface area contributed by atoms with Gasteiger partial charge in [0.15, 0.2) is 0 Å². The molecule has 0 saturated heterocycles. The predicted molar refractivity (Wildman–Crippen MR) is 114 cm³/mol. The molecule has 8 nitrogen and oxygen atoms in total. The zero-order valence-electron chi connectivity index (χ0n) is 17.4. The van der Waals surface area contributed by atoms with Crippen molar-refractivity contribution in [1.29, 1.82) is 5.26 Å². The fourth-order valence-electron chi connectivity index (χ4n) is 3.35. The first-order valence-electron chi connectivity index (χ1n) is 10.2. The Morgan fingerprint density at radius 2 is 1.60 bits per heavy atom. The smallest absolute Gasteiger partial charge is 0.133 e. The van der Waals surface area contributed by atoms with Gasteiger partial charge >= 0.3 is 0 Å². The Balaban J connectivity index is 0.000000252. The van der Waals surface area contributed by atoms with E-state index >= 15 is 0 Å². The monoisotopic (exact) mass is 417 g/mol. The zero-order chi connectivity index (χ0) is 21.1. The molecule has 0 atom stereocenters. The second-order valence-electron chi connectivity index (χ2n) is 7.56. The lowest BCUT2D eigenvalue weighted by molar-refractivity contribution is -0.117. The van der Waals surface area contributed by atoms with Crippen LogP contribution in [0.1, 0.15) is 81.7 Å². The average molecular weight is 418 g/mol. The zero-order valence-corrected chi connectivity index (χ0v) is 17.4. The van der Waals surface area contributed by atoms with Crippen molar-refractivity contribution in [1.82, 2.24) is 15.6 Å². The number of nitrogens with two attached hydrogens (primary N) is 1. The number of Topliss-reactive ketones (excluding diaryl/α,β-unsaturated/α-hetero) is 1. The highest BCUT2D eigenvalue weighted by atomic mass is 16.5. The molecule has 2 fully saturated rings. The van der Waals surface area contributed by atoms with Crippen LogP contribution >= 0.6 is 0 Å². The maximum atomic E-state index is 10.2. The molecule has 2 heterocycles. The predicted octanol–water partition coefficient (Wildman–Crippen LogP) is 4.12. The number of ketones is 1. The van der Waals surface area contributed by atoms with E-state index in [1.54, 1.807) is 0 Å². The van der Waals surface area contributed by atoms with E-state index in [0.29, 0.717) is 18.9 Å². The van der Waals surface area contributed by atoms with E-state index in [-0.39, 0.29) is 13.0 Å². The lowest BCUT2D eigenvalue weighted by atomic mass is 10.00. The molecule has 30 heavy (non-hydrogen) atoms. The van der Waals surface area contributed by atoms with E-state index < -0.39 is 0 Å². The van der Waals surface area contributed by atoms with Gasteiger partial charge in [0.1, 0.15) is 22.8 Å². The highest BCUT2D eigenvalue weighted by Gasteiger charge is 2.33. The van der Waals surface area contributed by atoms with E-state index in [2.05, 4.69) is 21.7 Å². The first kappa shape index (κ1) is 25.5. The standard InChI is InChI=1S/C11H15N3O.C5H8N2O.C5H8O.CH4/c1-9-6-10(14-15-9)7-13-11(8-12)4-2-3-5-11;1-4-2-5(3-6)7-8-4;6-5-3-1-2-4-5;/h6,13H,2-5,7H2,1H3;2H,3,6H2,1H3;1-4H2;1H4. The van der Waals surface area contributed by atoms with Crippen LogP contribution in [0.4, 0.5) is 0 Å². The number of nitriles is 1. The van der Waals surface area contributed by atoms with E-state index in [4.69, 9.17) is 20.0 Å². The minimum absolute atomic E-state index is 0. The summed E-state index contributed by atoms with van der Waals surface area (Å²) >= 11 is 0. The number of hydrogen-bond acceptors (Lipinski definition) is 8. The highest BCUT2D eigenvalue weighted by molar-refractivity contribution is 5.80. The van der Waals surface area contributed by atoms with Gasteiger partial charge in [-0.3, -0.25) is 10.1 Å². The van der Waals surface area contributed by atoms with Gasteiger partial charge < -0.3 is 14.8 Å². The Kier molecular flexibility index (Phi) is 11.0.